The summed E-state index contributed by atoms with van der Waals surface area (Å²) in [6.07, 6.45) is 0. The summed E-state index contributed by atoms with van der Waals surface area (Å²) < 4.78 is 32.6. The number of rotatable bonds is 6. The molecule has 1 saturated heterocycles. The number of piperazine rings is 1. The van der Waals surface area contributed by atoms with E-state index >= 15 is 0 Å². The van der Waals surface area contributed by atoms with Crippen LogP contribution in [0.25, 0.3) is 0 Å². The Bertz CT molecular complexity index is 1030. The lowest BCUT2D eigenvalue weighted by Crippen LogP contribution is -2.49. The van der Waals surface area contributed by atoms with E-state index in [-0.39, 0.29) is 23.1 Å². The number of anilines is 1. The highest BCUT2D eigenvalue weighted by Crippen LogP contribution is 2.27. The fraction of sp³-hybridized carbons (Fsp3) is 0.409. The number of carbonyl (C=O) groups is 1. The number of hydrogen-bond acceptors (Lipinski definition) is 5. The van der Waals surface area contributed by atoms with E-state index in [4.69, 9.17) is 4.74 Å². The Kier molecular flexibility index (Phi) is 6.67. The maximum absolute atomic E-state index is 13.1. The second-order valence-corrected chi connectivity index (χ2v) is 9.10. The van der Waals surface area contributed by atoms with Gasteiger partial charge in [-0.1, -0.05) is 19.1 Å². The first-order chi connectivity index (χ1) is 14.3. The van der Waals surface area contributed by atoms with E-state index in [9.17, 15) is 13.2 Å². The molecule has 162 valence electrons. The zero-order valence-electron chi connectivity index (χ0n) is 17.9. The van der Waals surface area contributed by atoms with E-state index in [1.54, 1.807) is 17.9 Å². The minimum atomic E-state index is -3.75. The standard InChI is InChI=1S/C22H29N3O4S/c1-5-23-30(27,28)21-15-18(9-10-20(21)29-4)22(26)25-13-11-24(12-14-25)19-8-6-7-16(2)17(19)3/h6-10,15,23H,5,11-14H2,1-4H3. The van der Waals surface area contributed by atoms with Crippen LogP contribution in [0.15, 0.2) is 41.3 Å². The van der Waals surface area contributed by atoms with Gasteiger partial charge in [-0.25, -0.2) is 13.1 Å². The van der Waals surface area contributed by atoms with Gasteiger partial charge in [0.2, 0.25) is 10.0 Å². The minimum absolute atomic E-state index is 0.0216. The SMILES string of the molecule is CCNS(=O)(=O)c1cc(C(=O)N2CCN(c3cccc(C)c3C)CC2)ccc1OC. The van der Waals surface area contributed by atoms with Crippen molar-refractivity contribution in [3.63, 3.8) is 0 Å². The molecule has 1 amide bonds. The Hall–Kier alpha value is -2.58. The summed E-state index contributed by atoms with van der Waals surface area (Å²) in [6, 6.07) is 10.8. The molecule has 0 bridgehead atoms. The van der Waals surface area contributed by atoms with Crippen LogP contribution in [0.3, 0.4) is 0 Å². The van der Waals surface area contributed by atoms with E-state index in [0.29, 0.717) is 18.7 Å². The highest BCUT2D eigenvalue weighted by atomic mass is 32.2. The van der Waals surface area contributed by atoms with Gasteiger partial charge in [0.25, 0.3) is 5.91 Å². The molecular formula is C22H29N3O4S. The monoisotopic (exact) mass is 431 g/mol. The second kappa shape index (κ2) is 9.06. The lowest BCUT2D eigenvalue weighted by atomic mass is 10.1. The molecule has 0 unspecified atom stereocenters. The molecule has 2 aromatic rings. The number of amides is 1. The van der Waals surface area contributed by atoms with Crippen LogP contribution in [0.2, 0.25) is 0 Å². The van der Waals surface area contributed by atoms with Gasteiger partial charge >= 0.3 is 0 Å². The molecule has 0 radical (unpaired) electrons. The Labute approximate surface area is 178 Å². The summed E-state index contributed by atoms with van der Waals surface area (Å²) in [5.41, 5.74) is 4.04. The van der Waals surface area contributed by atoms with Crippen molar-refractivity contribution in [1.82, 2.24) is 9.62 Å². The quantitative estimate of drug-likeness (QED) is 0.761. The first kappa shape index (κ1) is 22.1. The van der Waals surface area contributed by atoms with E-state index in [1.165, 1.54) is 36.1 Å². The molecule has 1 heterocycles. The molecule has 3 rings (SSSR count). The smallest absolute Gasteiger partial charge is 0.254 e. The maximum Gasteiger partial charge on any atom is 0.254 e. The van der Waals surface area contributed by atoms with Crippen LogP contribution in [-0.4, -0.2) is 59.1 Å². The van der Waals surface area contributed by atoms with Gasteiger partial charge in [0.15, 0.2) is 0 Å². The number of carbonyl (C=O) groups excluding carboxylic acids is 1. The number of nitrogens with one attached hydrogen (secondary N) is 1. The van der Waals surface area contributed by atoms with Gasteiger partial charge in [-0.05, 0) is 49.2 Å². The Balaban J connectivity index is 1.77. The molecular weight excluding hydrogens is 402 g/mol. The molecule has 0 aromatic heterocycles. The van der Waals surface area contributed by atoms with Crippen LogP contribution in [0.4, 0.5) is 5.69 Å². The molecule has 0 aliphatic carbocycles. The predicted octanol–water partition coefficient (Wildman–Crippen LogP) is 2.57. The lowest BCUT2D eigenvalue weighted by molar-refractivity contribution is 0.0746. The molecule has 0 spiro atoms. The largest absolute Gasteiger partial charge is 0.495 e. The van der Waals surface area contributed by atoms with Gasteiger partial charge in [0.05, 0.1) is 7.11 Å². The molecule has 1 aliphatic rings. The summed E-state index contributed by atoms with van der Waals surface area (Å²) in [7, 11) is -2.34. The second-order valence-electron chi connectivity index (χ2n) is 7.37. The van der Waals surface area contributed by atoms with Crippen molar-refractivity contribution in [2.45, 2.75) is 25.7 Å². The van der Waals surface area contributed by atoms with Gasteiger partial charge in [-0.15, -0.1) is 0 Å². The molecule has 1 fully saturated rings. The third-order valence-corrected chi connectivity index (χ3v) is 7.08. The average Bonchev–Trinajstić information content (AvgIpc) is 2.75. The van der Waals surface area contributed by atoms with Crippen molar-refractivity contribution in [3.05, 3.63) is 53.1 Å². The fourth-order valence-electron chi connectivity index (χ4n) is 3.70. The molecule has 2 aromatic carbocycles. The van der Waals surface area contributed by atoms with E-state index in [1.807, 2.05) is 0 Å². The summed E-state index contributed by atoms with van der Waals surface area (Å²) in [4.78, 5) is 17.1. The number of benzene rings is 2. The van der Waals surface area contributed by atoms with Crippen molar-refractivity contribution in [3.8, 4) is 5.75 Å². The summed E-state index contributed by atoms with van der Waals surface area (Å²) in [5.74, 6) is 0.0402. The van der Waals surface area contributed by atoms with Crippen molar-refractivity contribution >= 4 is 21.6 Å². The first-order valence-electron chi connectivity index (χ1n) is 10.1. The van der Waals surface area contributed by atoms with Gasteiger partial charge in [0.1, 0.15) is 10.6 Å². The molecule has 0 saturated carbocycles. The fourth-order valence-corrected chi connectivity index (χ4v) is 4.93. The number of hydrogen-bond donors (Lipinski definition) is 1. The maximum atomic E-state index is 13.1. The Morgan fingerprint density at radius 2 is 1.80 bits per heavy atom. The van der Waals surface area contributed by atoms with Crippen molar-refractivity contribution in [2.24, 2.45) is 0 Å². The highest BCUT2D eigenvalue weighted by molar-refractivity contribution is 7.89. The Morgan fingerprint density at radius 3 is 2.43 bits per heavy atom. The van der Waals surface area contributed by atoms with Crippen LogP contribution in [0.5, 0.6) is 5.75 Å². The van der Waals surface area contributed by atoms with Gasteiger partial charge in [0, 0.05) is 44.0 Å². The zero-order valence-corrected chi connectivity index (χ0v) is 18.8. The number of aryl methyl sites for hydroxylation is 1. The number of nitrogens with zero attached hydrogens (tertiary/aromatic N) is 2. The van der Waals surface area contributed by atoms with Crippen molar-refractivity contribution < 1.29 is 17.9 Å². The van der Waals surface area contributed by atoms with Crippen molar-refractivity contribution in [2.75, 3.05) is 44.7 Å². The minimum Gasteiger partial charge on any atom is -0.495 e. The zero-order chi connectivity index (χ0) is 21.9. The first-order valence-corrected chi connectivity index (χ1v) is 11.5. The molecule has 0 atom stereocenters. The van der Waals surface area contributed by atoms with Crippen molar-refractivity contribution in [1.29, 1.82) is 0 Å². The normalized spacial score (nSPS) is 14.7. The molecule has 1 N–H and O–H groups in total. The van der Waals surface area contributed by atoms with E-state index in [0.717, 1.165) is 13.1 Å². The summed E-state index contributed by atoms with van der Waals surface area (Å²) in [6.45, 7) is 8.79. The highest BCUT2D eigenvalue weighted by Gasteiger charge is 2.26. The van der Waals surface area contributed by atoms with Gasteiger partial charge in [-0.2, -0.15) is 0 Å². The molecule has 30 heavy (non-hydrogen) atoms. The van der Waals surface area contributed by atoms with Crippen LogP contribution in [0, 0.1) is 13.8 Å². The lowest BCUT2D eigenvalue weighted by Gasteiger charge is -2.37. The van der Waals surface area contributed by atoms with Crippen LogP contribution in [0.1, 0.15) is 28.4 Å². The number of ether oxygens (including phenoxy) is 1. The average molecular weight is 432 g/mol. The molecule has 1 aliphatic heterocycles. The summed E-state index contributed by atoms with van der Waals surface area (Å²) in [5, 5.41) is 0. The van der Waals surface area contributed by atoms with Gasteiger partial charge in [-0.3, -0.25) is 4.79 Å². The summed E-state index contributed by atoms with van der Waals surface area (Å²) >= 11 is 0. The van der Waals surface area contributed by atoms with Crippen LogP contribution in [-0.2, 0) is 10.0 Å². The van der Waals surface area contributed by atoms with E-state index < -0.39 is 10.0 Å². The third kappa shape index (κ3) is 4.44. The van der Waals surface area contributed by atoms with E-state index in [2.05, 4.69) is 41.7 Å². The number of sulfonamides is 1. The number of methoxy groups -OCH3 is 1. The van der Waals surface area contributed by atoms with Gasteiger partial charge < -0.3 is 14.5 Å². The molecule has 8 heteroatoms. The third-order valence-electron chi connectivity index (χ3n) is 5.52. The van der Waals surface area contributed by atoms with Crippen LogP contribution >= 0.6 is 0 Å². The Morgan fingerprint density at radius 1 is 1.10 bits per heavy atom. The molecule has 7 nitrogen and oxygen atoms in total. The van der Waals surface area contributed by atoms with Crippen LogP contribution < -0.4 is 14.4 Å². The topological polar surface area (TPSA) is 79.0 Å². The predicted molar refractivity (Wildman–Crippen MR) is 118 cm³/mol.